The van der Waals surface area contributed by atoms with Crippen LogP contribution < -0.4 is 5.32 Å². The minimum Gasteiger partial charge on any atom is -0.377 e. The summed E-state index contributed by atoms with van der Waals surface area (Å²) in [5.41, 5.74) is 1.90. The lowest BCUT2D eigenvalue weighted by Crippen LogP contribution is -2.07. The van der Waals surface area contributed by atoms with E-state index in [0.29, 0.717) is 17.3 Å². The van der Waals surface area contributed by atoms with Gasteiger partial charge in [0.05, 0.1) is 33.7 Å². The Balaban J connectivity index is 2.19. The van der Waals surface area contributed by atoms with Crippen molar-refractivity contribution in [1.29, 1.82) is 0 Å². The quantitative estimate of drug-likeness (QED) is 0.931. The van der Waals surface area contributed by atoms with Crippen LogP contribution in [0.2, 0.25) is 10.0 Å². The molecule has 0 bridgehead atoms. The van der Waals surface area contributed by atoms with Crippen LogP contribution in [0.15, 0.2) is 18.2 Å². The number of hydrogen-bond donors (Lipinski definition) is 1. The van der Waals surface area contributed by atoms with Gasteiger partial charge in [-0.15, -0.1) is 0 Å². The summed E-state index contributed by atoms with van der Waals surface area (Å²) in [6.07, 6.45) is 0. The fourth-order valence-corrected chi connectivity index (χ4v) is 2.09. The minimum atomic E-state index is -0.464. The van der Waals surface area contributed by atoms with Crippen LogP contribution in [-0.4, -0.2) is 9.78 Å². The van der Waals surface area contributed by atoms with Gasteiger partial charge in [0.25, 0.3) is 0 Å². The first-order chi connectivity index (χ1) is 8.50. The van der Waals surface area contributed by atoms with Crippen LogP contribution in [0.5, 0.6) is 0 Å². The number of hydrogen-bond acceptors (Lipinski definition) is 2. The molecule has 96 valence electrons. The second-order valence-electron chi connectivity index (χ2n) is 3.92. The smallest absolute Gasteiger partial charge is 0.164 e. The van der Waals surface area contributed by atoms with E-state index in [1.807, 2.05) is 6.92 Å². The van der Waals surface area contributed by atoms with E-state index in [4.69, 9.17) is 23.2 Å². The molecule has 0 amide bonds. The number of rotatable bonds is 3. The molecule has 0 aliphatic rings. The predicted molar refractivity (Wildman–Crippen MR) is 71.7 cm³/mol. The van der Waals surface area contributed by atoms with E-state index in [2.05, 4.69) is 10.4 Å². The van der Waals surface area contributed by atoms with Gasteiger partial charge in [0.1, 0.15) is 0 Å². The van der Waals surface area contributed by atoms with Gasteiger partial charge in [-0.05, 0) is 19.1 Å². The summed E-state index contributed by atoms with van der Waals surface area (Å²) in [4.78, 5) is 0. The molecule has 2 rings (SSSR count). The van der Waals surface area contributed by atoms with Crippen LogP contribution in [0.4, 0.5) is 10.1 Å². The lowest BCUT2D eigenvalue weighted by molar-refractivity contribution is 0.629. The van der Waals surface area contributed by atoms with Crippen molar-refractivity contribution in [2.75, 3.05) is 5.32 Å². The number of benzene rings is 1. The molecule has 0 saturated carbocycles. The van der Waals surface area contributed by atoms with Gasteiger partial charge in [-0.25, -0.2) is 4.39 Å². The molecule has 0 aliphatic carbocycles. The Hall–Kier alpha value is -1.26. The molecular formula is C12H12Cl2FN3. The fraction of sp³-hybridized carbons (Fsp3) is 0.250. The summed E-state index contributed by atoms with van der Waals surface area (Å²) >= 11 is 11.8. The molecule has 18 heavy (non-hydrogen) atoms. The van der Waals surface area contributed by atoms with Crippen molar-refractivity contribution in [3.63, 3.8) is 0 Å². The van der Waals surface area contributed by atoms with E-state index in [1.165, 1.54) is 6.07 Å². The van der Waals surface area contributed by atoms with Crippen molar-refractivity contribution >= 4 is 28.9 Å². The van der Waals surface area contributed by atoms with Gasteiger partial charge < -0.3 is 5.32 Å². The summed E-state index contributed by atoms with van der Waals surface area (Å²) in [5.74, 6) is -0.464. The third kappa shape index (κ3) is 2.44. The van der Waals surface area contributed by atoms with Crippen LogP contribution in [-0.2, 0) is 13.6 Å². The molecule has 1 heterocycles. The van der Waals surface area contributed by atoms with Crippen molar-refractivity contribution in [2.24, 2.45) is 7.05 Å². The van der Waals surface area contributed by atoms with E-state index in [-0.39, 0.29) is 5.02 Å². The number of nitrogens with one attached hydrogen (secondary N) is 1. The predicted octanol–water partition coefficient (Wildman–Crippen LogP) is 3.79. The first-order valence-corrected chi connectivity index (χ1v) is 6.12. The summed E-state index contributed by atoms with van der Waals surface area (Å²) in [6.45, 7) is 2.21. The molecule has 3 nitrogen and oxygen atoms in total. The van der Waals surface area contributed by atoms with Gasteiger partial charge in [0.15, 0.2) is 5.82 Å². The Morgan fingerprint density at radius 2 is 2.11 bits per heavy atom. The van der Waals surface area contributed by atoms with E-state index in [9.17, 15) is 4.39 Å². The summed E-state index contributed by atoms with van der Waals surface area (Å²) in [6, 6.07) is 4.81. The summed E-state index contributed by atoms with van der Waals surface area (Å²) in [7, 11) is 1.80. The molecule has 6 heteroatoms. The molecule has 1 aromatic heterocycles. The van der Waals surface area contributed by atoms with Gasteiger partial charge in [-0.3, -0.25) is 4.68 Å². The van der Waals surface area contributed by atoms with Crippen molar-refractivity contribution in [3.8, 4) is 0 Å². The highest BCUT2D eigenvalue weighted by atomic mass is 35.5. The number of nitrogens with zero attached hydrogens (tertiary/aromatic N) is 2. The first-order valence-electron chi connectivity index (χ1n) is 5.36. The monoisotopic (exact) mass is 287 g/mol. The third-order valence-corrected chi connectivity index (χ3v) is 3.44. The highest BCUT2D eigenvalue weighted by Crippen LogP contribution is 2.24. The van der Waals surface area contributed by atoms with Crippen LogP contribution in [0.25, 0.3) is 0 Å². The largest absolute Gasteiger partial charge is 0.377 e. The molecule has 0 aliphatic heterocycles. The lowest BCUT2D eigenvalue weighted by Gasteiger charge is -2.09. The molecule has 1 N–H and O–H groups in total. The highest BCUT2D eigenvalue weighted by molar-refractivity contribution is 6.32. The standard InChI is InChI=1S/C12H12Cl2FN3/c1-7-11(14)10(18(2)17-7)6-16-9-5-3-4-8(13)12(9)15/h3-5,16H,6H2,1-2H3. The lowest BCUT2D eigenvalue weighted by atomic mass is 10.3. The maximum atomic E-state index is 13.7. The number of aromatic nitrogens is 2. The van der Waals surface area contributed by atoms with Crippen molar-refractivity contribution < 1.29 is 4.39 Å². The first kappa shape index (κ1) is 13.2. The van der Waals surface area contributed by atoms with Crippen molar-refractivity contribution in [3.05, 3.63) is 45.4 Å². The van der Waals surface area contributed by atoms with Crippen LogP contribution in [0.1, 0.15) is 11.4 Å². The molecule has 0 atom stereocenters. The van der Waals surface area contributed by atoms with E-state index < -0.39 is 5.82 Å². The molecule has 0 fully saturated rings. The molecule has 0 unspecified atom stereocenters. The average Bonchev–Trinajstić information content (AvgIpc) is 2.56. The number of halogens is 3. The molecule has 1 aromatic carbocycles. The molecular weight excluding hydrogens is 276 g/mol. The zero-order chi connectivity index (χ0) is 13.3. The van der Waals surface area contributed by atoms with Gasteiger partial charge >= 0.3 is 0 Å². The Bertz CT molecular complexity index is 581. The third-order valence-electron chi connectivity index (χ3n) is 2.66. The maximum absolute atomic E-state index is 13.7. The number of aryl methyl sites for hydroxylation is 2. The van der Waals surface area contributed by atoms with Gasteiger partial charge in [-0.1, -0.05) is 29.3 Å². The van der Waals surface area contributed by atoms with E-state index in [1.54, 1.807) is 23.9 Å². The Labute approximate surface area is 115 Å². The molecule has 2 aromatic rings. The average molecular weight is 288 g/mol. The molecule has 0 radical (unpaired) electrons. The summed E-state index contributed by atoms with van der Waals surface area (Å²) < 4.78 is 15.3. The Morgan fingerprint density at radius 1 is 1.39 bits per heavy atom. The zero-order valence-electron chi connectivity index (χ0n) is 9.97. The van der Waals surface area contributed by atoms with Gasteiger partial charge in [-0.2, -0.15) is 5.10 Å². The highest BCUT2D eigenvalue weighted by Gasteiger charge is 2.12. The second kappa shape index (κ2) is 5.16. The SMILES string of the molecule is Cc1nn(C)c(CNc2cccc(Cl)c2F)c1Cl. The maximum Gasteiger partial charge on any atom is 0.164 e. The van der Waals surface area contributed by atoms with Gasteiger partial charge in [0.2, 0.25) is 0 Å². The normalized spacial score (nSPS) is 10.7. The Kier molecular flexibility index (Phi) is 3.78. The molecule has 0 spiro atoms. The van der Waals surface area contributed by atoms with Crippen molar-refractivity contribution in [1.82, 2.24) is 9.78 Å². The molecule has 0 saturated heterocycles. The number of anilines is 1. The van der Waals surface area contributed by atoms with E-state index >= 15 is 0 Å². The van der Waals surface area contributed by atoms with E-state index in [0.717, 1.165) is 11.4 Å². The summed E-state index contributed by atoms with van der Waals surface area (Å²) in [5, 5.41) is 7.83. The Morgan fingerprint density at radius 3 is 2.72 bits per heavy atom. The second-order valence-corrected chi connectivity index (χ2v) is 4.71. The van der Waals surface area contributed by atoms with Crippen LogP contribution in [0.3, 0.4) is 0 Å². The zero-order valence-corrected chi connectivity index (χ0v) is 11.5. The van der Waals surface area contributed by atoms with Crippen LogP contribution >= 0.6 is 23.2 Å². The van der Waals surface area contributed by atoms with Crippen molar-refractivity contribution in [2.45, 2.75) is 13.5 Å². The van der Waals surface area contributed by atoms with Gasteiger partial charge in [0, 0.05) is 7.05 Å². The minimum absolute atomic E-state index is 0.0901. The van der Waals surface area contributed by atoms with Crippen LogP contribution in [0, 0.1) is 12.7 Å². The topological polar surface area (TPSA) is 29.9 Å². The fourth-order valence-electron chi connectivity index (χ4n) is 1.69.